The number of esters is 2. The quantitative estimate of drug-likeness (QED) is 0.222. The zero-order valence-electron chi connectivity index (χ0n) is 25.8. The van der Waals surface area contributed by atoms with Gasteiger partial charge in [0.25, 0.3) is 0 Å². The molecule has 2 aromatic carbocycles. The second-order valence-corrected chi connectivity index (χ2v) is 12.8. The summed E-state index contributed by atoms with van der Waals surface area (Å²) in [5.41, 5.74) is 8.03. The lowest BCUT2D eigenvalue weighted by Crippen LogP contribution is -2.16. The largest absolute Gasteiger partial charge is 0.507 e. The van der Waals surface area contributed by atoms with E-state index in [0.717, 1.165) is 49.7 Å². The Morgan fingerprint density at radius 2 is 1.13 bits per heavy atom. The van der Waals surface area contributed by atoms with Crippen LogP contribution in [0.25, 0.3) is 0 Å². The van der Waals surface area contributed by atoms with Gasteiger partial charge in [-0.05, 0) is 95.2 Å². The van der Waals surface area contributed by atoms with E-state index in [4.69, 9.17) is 9.47 Å². The molecule has 0 heterocycles. The predicted molar refractivity (Wildman–Crippen MR) is 159 cm³/mol. The highest BCUT2D eigenvalue weighted by Gasteiger charge is 2.24. The van der Waals surface area contributed by atoms with Crippen LogP contribution in [0.5, 0.6) is 5.75 Å². The summed E-state index contributed by atoms with van der Waals surface area (Å²) < 4.78 is 10.2. The molecule has 216 valence electrons. The predicted octanol–water partition coefficient (Wildman–Crippen LogP) is 7.66. The van der Waals surface area contributed by atoms with E-state index in [1.807, 2.05) is 0 Å². The van der Waals surface area contributed by atoms with Crippen molar-refractivity contribution in [3.8, 4) is 5.75 Å². The Morgan fingerprint density at radius 1 is 0.692 bits per heavy atom. The molecule has 0 bridgehead atoms. The van der Waals surface area contributed by atoms with E-state index in [1.165, 1.54) is 41.7 Å². The number of benzene rings is 2. The summed E-state index contributed by atoms with van der Waals surface area (Å²) in [6, 6.07) is 8.90. The van der Waals surface area contributed by atoms with Crippen LogP contribution in [-0.2, 0) is 49.2 Å². The van der Waals surface area contributed by atoms with Crippen LogP contribution in [0, 0.1) is 6.92 Å². The molecular weight excluding hydrogens is 488 g/mol. The first kappa shape index (κ1) is 32.4. The maximum absolute atomic E-state index is 11.4. The van der Waals surface area contributed by atoms with Crippen LogP contribution in [0.2, 0.25) is 0 Å². The minimum atomic E-state index is -0.242. The molecule has 5 heteroatoms. The summed E-state index contributed by atoms with van der Waals surface area (Å²) in [6.07, 6.45) is 5.95. The van der Waals surface area contributed by atoms with Crippen molar-refractivity contribution in [3.05, 3.63) is 63.2 Å². The Labute approximate surface area is 236 Å². The highest BCUT2D eigenvalue weighted by atomic mass is 16.5. The lowest BCUT2D eigenvalue weighted by atomic mass is 9.79. The average molecular weight is 539 g/mol. The number of aryl methyl sites for hydroxylation is 2. The first-order valence-electron chi connectivity index (χ1n) is 14.3. The molecule has 0 saturated heterocycles. The number of carbonyl (C=O) groups excluding carboxylic acids is 2. The van der Waals surface area contributed by atoms with Crippen molar-refractivity contribution >= 4 is 11.9 Å². The van der Waals surface area contributed by atoms with Gasteiger partial charge in [0.05, 0.1) is 13.2 Å². The maximum Gasteiger partial charge on any atom is 0.302 e. The molecule has 0 aliphatic rings. The number of phenolic OH excluding ortho intramolecular Hbond substituents is 1. The van der Waals surface area contributed by atoms with Crippen molar-refractivity contribution in [3.63, 3.8) is 0 Å². The van der Waals surface area contributed by atoms with Gasteiger partial charge in [-0.1, -0.05) is 65.8 Å². The zero-order chi connectivity index (χ0) is 29.4. The van der Waals surface area contributed by atoms with E-state index in [0.29, 0.717) is 25.4 Å². The highest BCUT2D eigenvalue weighted by Crippen LogP contribution is 2.37. The molecule has 0 radical (unpaired) electrons. The molecule has 0 aliphatic heterocycles. The van der Waals surface area contributed by atoms with Gasteiger partial charge in [-0.25, -0.2) is 0 Å². The topological polar surface area (TPSA) is 72.8 Å². The smallest absolute Gasteiger partial charge is 0.302 e. The molecule has 5 nitrogen and oxygen atoms in total. The number of carbonyl (C=O) groups is 2. The average Bonchev–Trinajstić information content (AvgIpc) is 2.80. The minimum absolute atomic E-state index is 0.00497. The van der Waals surface area contributed by atoms with Crippen molar-refractivity contribution in [2.75, 3.05) is 13.2 Å². The normalized spacial score (nSPS) is 11.9. The summed E-state index contributed by atoms with van der Waals surface area (Å²) in [5, 5.41) is 11.4. The van der Waals surface area contributed by atoms with Crippen molar-refractivity contribution in [1.82, 2.24) is 0 Å². The van der Waals surface area contributed by atoms with Gasteiger partial charge >= 0.3 is 11.9 Å². The second-order valence-electron chi connectivity index (χ2n) is 12.8. The number of phenols is 1. The van der Waals surface area contributed by atoms with Gasteiger partial charge < -0.3 is 14.6 Å². The number of aromatic hydroxyl groups is 1. The molecule has 0 atom stereocenters. The first-order chi connectivity index (χ1) is 18.1. The van der Waals surface area contributed by atoms with Crippen LogP contribution in [0.1, 0.15) is 120 Å². The molecule has 0 amide bonds. The molecular formula is C34H50O5. The summed E-state index contributed by atoms with van der Waals surface area (Å²) >= 11 is 0. The summed E-state index contributed by atoms with van der Waals surface area (Å²) in [5.74, 6) is -0.0908. The van der Waals surface area contributed by atoms with Gasteiger partial charge in [-0.15, -0.1) is 0 Å². The van der Waals surface area contributed by atoms with Crippen LogP contribution in [0.15, 0.2) is 24.3 Å². The molecule has 2 rings (SSSR count). The summed E-state index contributed by atoms with van der Waals surface area (Å²) in [7, 11) is 0. The molecule has 0 fully saturated rings. The number of hydrogen-bond acceptors (Lipinski definition) is 5. The summed E-state index contributed by atoms with van der Waals surface area (Å²) in [6.45, 7) is 19.1. The molecule has 0 aliphatic carbocycles. The van der Waals surface area contributed by atoms with Crippen LogP contribution in [-0.4, -0.2) is 30.3 Å². The molecule has 2 aromatic rings. The summed E-state index contributed by atoms with van der Waals surface area (Å²) in [4.78, 5) is 22.1. The molecule has 0 aromatic heterocycles. The van der Waals surface area contributed by atoms with Crippen LogP contribution in [0.4, 0.5) is 0 Å². The van der Waals surface area contributed by atoms with E-state index in [9.17, 15) is 14.7 Å². The Kier molecular flexibility index (Phi) is 11.6. The number of hydrogen-bond donors (Lipinski definition) is 1. The lowest BCUT2D eigenvalue weighted by Gasteiger charge is -2.26. The fourth-order valence-electron chi connectivity index (χ4n) is 5.06. The molecule has 0 saturated carbocycles. The van der Waals surface area contributed by atoms with Crippen molar-refractivity contribution in [1.29, 1.82) is 0 Å². The number of rotatable bonds is 12. The molecule has 1 N–H and O–H groups in total. The van der Waals surface area contributed by atoms with Crippen LogP contribution in [0.3, 0.4) is 0 Å². The lowest BCUT2D eigenvalue weighted by molar-refractivity contribution is -0.142. The fourth-order valence-corrected chi connectivity index (χ4v) is 5.06. The van der Waals surface area contributed by atoms with Gasteiger partial charge in [-0.2, -0.15) is 0 Å². The van der Waals surface area contributed by atoms with Crippen molar-refractivity contribution in [2.45, 2.75) is 118 Å². The molecule has 39 heavy (non-hydrogen) atoms. The minimum Gasteiger partial charge on any atom is -0.507 e. The standard InChI is InChI=1S/C34H50O5/c1-23-28(18-26(20-30(23)33(4,5)6)14-10-12-16-38-24(2)35)22-29-19-27(15-11-13-17-39-25(3)36)21-31(32(29)37)34(7,8)9/h18-21,37H,10-17,22H2,1-9H3. The van der Waals surface area contributed by atoms with Gasteiger partial charge in [0.2, 0.25) is 0 Å². The van der Waals surface area contributed by atoms with Crippen molar-refractivity contribution < 1.29 is 24.2 Å². The number of unbranched alkanes of at least 4 members (excludes halogenated alkanes) is 2. The van der Waals surface area contributed by atoms with Gasteiger partial charge in [0, 0.05) is 20.3 Å². The first-order valence-corrected chi connectivity index (χ1v) is 14.3. The SMILES string of the molecule is CC(=O)OCCCCc1cc(Cc2cc(CCCCOC(C)=O)cc(C(C)(C)C)c2O)c(C)c(C(C)(C)C)c1. The second kappa shape index (κ2) is 14.0. The Balaban J connectivity index is 2.39. The van der Waals surface area contributed by atoms with E-state index in [2.05, 4.69) is 72.7 Å². The molecule has 0 unspecified atom stereocenters. The van der Waals surface area contributed by atoms with Gasteiger partial charge in [-0.3, -0.25) is 9.59 Å². The maximum atomic E-state index is 11.4. The van der Waals surface area contributed by atoms with E-state index >= 15 is 0 Å². The van der Waals surface area contributed by atoms with E-state index in [-0.39, 0.29) is 22.8 Å². The van der Waals surface area contributed by atoms with Crippen molar-refractivity contribution in [2.24, 2.45) is 0 Å². The van der Waals surface area contributed by atoms with Gasteiger partial charge in [0.1, 0.15) is 5.75 Å². The third-order valence-electron chi connectivity index (χ3n) is 7.15. The Hall–Kier alpha value is -2.82. The van der Waals surface area contributed by atoms with E-state index in [1.54, 1.807) is 0 Å². The number of ether oxygens (including phenoxy) is 2. The fraction of sp³-hybridized carbons (Fsp3) is 0.588. The third kappa shape index (κ3) is 10.3. The monoisotopic (exact) mass is 538 g/mol. The van der Waals surface area contributed by atoms with E-state index < -0.39 is 0 Å². The third-order valence-corrected chi connectivity index (χ3v) is 7.15. The van der Waals surface area contributed by atoms with Crippen LogP contribution < -0.4 is 0 Å². The Morgan fingerprint density at radius 3 is 1.56 bits per heavy atom. The van der Waals surface area contributed by atoms with Gasteiger partial charge in [0.15, 0.2) is 0 Å². The highest BCUT2D eigenvalue weighted by molar-refractivity contribution is 5.66. The Bertz CT molecular complexity index is 1040. The zero-order valence-corrected chi connectivity index (χ0v) is 25.8. The van der Waals surface area contributed by atoms with Crippen LogP contribution >= 0.6 is 0 Å². The molecule has 0 spiro atoms.